The van der Waals surface area contributed by atoms with Gasteiger partial charge in [-0.1, -0.05) is 29.8 Å². The summed E-state index contributed by atoms with van der Waals surface area (Å²) in [5.74, 6) is -0.741. The number of halogens is 2. The number of benzene rings is 1. The van der Waals surface area contributed by atoms with Crippen molar-refractivity contribution in [1.82, 2.24) is 29.6 Å². The molecule has 0 fully saturated rings. The van der Waals surface area contributed by atoms with E-state index < -0.39 is 0 Å². The Morgan fingerprint density at radius 1 is 1.17 bits per heavy atom. The molecule has 0 unspecified atom stereocenters. The fraction of sp³-hybridized carbons (Fsp3) is 0.150. The van der Waals surface area contributed by atoms with Crippen molar-refractivity contribution in [2.45, 2.75) is 13.1 Å². The molecule has 0 aliphatic carbocycles. The summed E-state index contributed by atoms with van der Waals surface area (Å²) in [4.78, 5) is 33.1. The van der Waals surface area contributed by atoms with Gasteiger partial charge in [0.1, 0.15) is 22.7 Å². The highest BCUT2D eigenvalue weighted by Crippen LogP contribution is 2.12. The second kappa shape index (κ2) is 8.42. The molecule has 0 radical (unpaired) electrons. The molecule has 1 aromatic carbocycles. The van der Waals surface area contributed by atoms with Gasteiger partial charge in [0.2, 0.25) is 0 Å². The molecule has 0 spiro atoms. The summed E-state index contributed by atoms with van der Waals surface area (Å²) < 4.78 is 16.7. The van der Waals surface area contributed by atoms with Crippen LogP contribution >= 0.6 is 11.6 Å². The highest BCUT2D eigenvalue weighted by Gasteiger charge is 2.13. The minimum Gasteiger partial charge on any atom is -0.350 e. The maximum absolute atomic E-state index is 13.9. The first-order chi connectivity index (χ1) is 14.5. The van der Waals surface area contributed by atoms with E-state index in [9.17, 15) is 14.0 Å². The van der Waals surface area contributed by atoms with E-state index in [1.807, 2.05) is 0 Å². The number of nitrogens with one attached hydrogen (secondary N) is 1. The number of nitrogens with zero attached hydrogens (tertiary/aromatic N) is 5. The molecule has 0 aliphatic rings. The SMILES string of the molecule is O=C(NCCn1ncc2c(=O)n(Cc3ccccc3F)cnc21)c1cccnc1Cl. The van der Waals surface area contributed by atoms with Crippen LogP contribution in [0.1, 0.15) is 15.9 Å². The van der Waals surface area contributed by atoms with Crippen LogP contribution in [0, 0.1) is 5.82 Å². The molecular weight excluding hydrogens is 411 g/mol. The van der Waals surface area contributed by atoms with Crippen LogP contribution in [0.4, 0.5) is 4.39 Å². The number of fused-ring (bicyclic) bond motifs is 1. The van der Waals surface area contributed by atoms with Gasteiger partial charge >= 0.3 is 0 Å². The van der Waals surface area contributed by atoms with E-state index in [0.29, 0.717) is 23.1 Å². The molecule has 1 amide bonds. The average molecular weight is 427 g/mol. The van der Waals surface area contributed by atoms with Crippen LogP contribution in [0.5, 0.6) is 0 Å². The summed E-state index contributed by atoms with van der Waals surface area (Å²) in [6.45, 7) is 0.624. The lowest BCUT2D eigenvalue weighted by Gasteiger charge is -2.08. The van der Waals surface area contributed by atoms with Crippen LogP contribution in [-0.4, -0.2) is 36.8 Å². The summed E-state index contributed by atoms with van der Waals surface area (Å²) in [5.41, 5.74) is 0.739. The quantitative estimate of drug-likeness (QED) is 0.477. The number of pyridine rings is 1. The Kier molecular flexibility index (Phi) is 5.53. The molecule has 8 nitrogen and oxygen atoms in total. The molecule has 1 N–H and O–H groups in total. The number of carbonyl (C=O) groups is 1. The molecule has 0 saturated heterocycles. The fourth-order valence-electron chi connectivity index (χ4n) is 3.01. The van der Waals surface area contributed by atoms with Crippen LogP contribution in [0.15, 0.2) is 59.9 Å². The maximum Gasteiger partial charge on any atom is 0.264 e. The first-order valence-corrected chi connectivity index (χ1v) is 9.45. The van der Waals surface area contributed by atoms with E-state index in [0.717, 1.165) is 0 Å². The third-order valence-electron chi connectivity index (χ3n) is 4.53. The van der Waals surface area contributed by atoms with Crippen molar-refractivity contribution in [3.05, 3.63) is 87.6 Å². The molecule has 4 rings (SSSR count). The first-order valence-electron chi connectivity index (χ1n) is 9.07. The lowest BCUT2D eigenvalue weighted by molar-refractivity contribution is 0.0952. The Morgan fingerprint density at radius 3 is 2.80 bits per heavy atom. The Bertz CT molecular complexity index is 1290. The number of hydrogen-bond donors (Lipinski definition) is 1. The zero-order valence-electron chi connectivity index (χ0n) is 15.6. The monoisotopic (exact) mass is 426 g/mol. The Morgan fingerprint density at radius 2 is 2.00 bits per heavy atom. The van der Waals surface area contributed by atoms with E-state index in [-0.39, 0.29) is 41.1 Å². The molecule has 4 aromatic rings. The highest BCUT2D eigenvalue weighted by molar-refractivity contribution is 6.32. The average Bonchev–Trinajstić information content (AvgIpc) is 3.15. The van der Waals surface area contributed by atoms with Crippen molar-refractivity contribution in [2.24, 2.45) is 0 Å². The zero-order valence-corrected chi connectivity index (χ0v) is 16.4. The third kappa shape index (κ3) is 3.92. The van der Waals surface area contributed by atoms with Crippen LogP contribution in [0.2, 0.25) is 5.15 Å². The minimum absolute atomic E-state index is 0.0710. The van der Waals surface area contributed by atoms with Gasteiger partial charge in [-0.2, -0.15) is 5.10 Å². The van der Waals surface area contributed by atoms with Crippen LogP contribution < -0.4 is 10.9 Å². The highest BCUT2D eigenvalue weighted by atomic mass is 35.5. The first kappa shape index (κ1) is 19.7. The molecule has 0 atom stereocenters. The van der Waals surface area contributed by atoms with Crippen molar-refractivity contribution in [2.75, 3.05) is 6.54 Å². The van der Waals surface area contributed by atoms with E-state index in [1.165, 1.54) is 34.0 Å². The van der Waals surface area contributed by atoms with Crippen molar-refractivity contribution < 1.29 is 9.18 Å². The summed E-state index contributed by atoms with van der Waals surface area (Å²) in [6, 6.07) is 9.46. The maximum atomic E-state index is 13.9. The smallest absolute Gasteiger partial charge is 0.264 e. The van der Waals surface area contributed by atoms with Crippen molar-refractivity contribution in [3.63, 3.8) is 0 Å². The molecule has 30 heavy (non-hydrogen) atoms. The van der Waals surface area contributed by atoms with E-state index >= 15 is 0 Å². The Labute approximate surface area is 175 Å². The molecular formula is C20H16ClFN6O2. The van der Waals surface area contributed by atoms with Gasteiger partial charge in [0.05, 0.1) is 24.8 Å². The van der Waals surface area contributed by atoms with E-state index in [2.05, 4.69) is 20.4 Å². The number of hydrogen-bond acceptors (Lipinski definition) is 5. The van der Waals surface area contributed by atoms with Crippen molar-refractivity contribution in [1.29, 1.82) is 0 Å². The molecule has 152 valence electrons. The second-order valence-electron chi connectivity index (χ2n) is 6.47. The van der Waals surface area contributed by atoms with E-state index in [1.54, 1.807) is 30.3 Å². The second-order valence-corrected chi connectivity index (χ2v) is 6.83. The van der Waals surface area contributed by atoms with E-state index in [4.69, 9.17) is 11.6 Å². The van der Waals surface area contributed by atoms with Crippen molar-refractivity contribution in [3.8, 4) is 0 Å². The lowest BCUT2D eigenvalue weighted by atomic mass is 10.2. The van der Waals surface area contributed by atoms with Gasteiger partial charge in [-0.15, -0.1) is 0 Å². The molecule has 0 bridgehead atoms. The molecule has 0 aliphatic heterocycles. The van der Waals surface area contributed by atoms with Gasteiger partial charge in [0, 0.05) is 18.3 Å². The molecule has 3 heterocycles. The van der Waals surface area contributed by atoms with Crippen LogP contribution in [0.3, 0.4) is 0 Å². The number of aromatic nitrogens is 5. The zero-order chi connectivity index (χ0) is 21.1. The molecule has 3 aromatic heterocycles. The van der Waals surface area contributed by atoms with Gasteiger partial charge in [-0.3, -0.25) is 14.2 Å². The lowest BCUT2D eigenvalue weighted by Crippen LogP contribution is -2.28. The minimum atomic E-state index is -0.385. The summed E-state index contributed by atoms with van der Waals surface area (Å²) in [5, 5.41) is 7.35. The third-order valence-corrected chi connectivity index (χ3v) is 4.83. The summed E-state index contributed by atoms with van der Waals surface area (Å²) >= 11 is 5.92. The Hall–Kier alpha value is -3.59. The predicted octanol–water partition coefficient (Wildman–Crippen LogP) is 2.26. The predicted molar refractivity (Wildman–Crippen MR) is 109 cm³/mol. The van der Waals surface area contributed by atoms with Crippen molar-refractivity contribution >= 4 is 28.5 Å². The van der Waals surface area contributed by atoms with Gasteiger partial charge in [-0.05, 0) is 18.2 Å². The fourth-order valence-corrected chi connectivity index (χ4v) is 3.22. The molecule has 10 heteroatoms. The standard InChI is InChI=1S/C20H16ClFN6O2/c21-17-14(5-3-7-23-17)19(29)24-8-9-28-18-15(10-26-28)20(30)27(12-25-18)11-13-4-1-2-6-16(13)22/h1-7,10,12H,8-9,11H2,(H,24,29). The van der Waals surface area contributed by atoms with Gasteiger partial charge < -0.3 is 5.32 Å². The Balaban J connectivity index is 1.48. The van der Waals surface area contributed by atoms with Crippen LogP contribution in [0.25, 0.3) is 11.0 Å². The van der Waals surface area contributed by atoms with Gasteiger partial charge in [-0.25, -0.2) is 19.0 Å². The topological polar surface area (TPSA) is 94.7 Å². The summed E-state index contributed by atoms with van der Waals surface area (Å²) in [6.07, 6.45) is 4.28. The van der Waals surface area contributed by atoms with Crippen LogP contribution in [-0.2, 0) is 13.1 Å². The van der Waals surface area contributed by atoms with Gasteiger partial charge in [0.15, 0.2) is 5.65 Å². The van der Waals surface area contributed by atoms with Gasteiger partial charge in [0.25, 0.3) is 11.5 Å². The summed E-state index contributed by atoms with van der Waals surface area (Å²) in [7, 11) is 0. The number of rotatable bonds is 6. The molecule has 0 saturated carbocycles. The number of amides is 1. The number of carbonyl (C=O) groups excluding carboxylic acids is 1. The largest absolute Gasteiger partial charge is 0.350 e. The normalized spacial score (nSPS) is 11.0.